The predicted octanol–water partition coefficient (Wildman–Crippen LogP) is 6.47. The summed E-state index contributed by atoms with van der Waals surface area (Å²) in [6.07, 6.45) is 0. The number of rotatable bonds is 7. The van der Waals surface area contributed by atoms with Gasteiger partial charge in [0.15, 0.2) is 5.78 Å². The van der Waals surface area contributed by atoms with Crippen LogP contribution in [0.4, 0.5) is 0 Å². The molecule has 0 bridgehead atoms. The summed E-state index contributed by atoms with van der Waals surface area (Å²) in [4.78, 5) is 14.2. The molecule has 0 amide bonds. The van der Waals surface area contributed by atoms with Crippen molar-refractivity contribution >= 4 is 29.3 Å². The van der Waals surface area contributed by atoms with Crippen molar-refractivity contribution in [1.82, 2.24) is 0 Å². The van der Waals surface area contributed by atoms with Gasteiger partial charge in [-0.1, -0.05) is 60.7 Å². The second-order valence-corrected chi connectivity index (χ2v) is 7.90. The third-order valence-electron chi connectivity index (χ3n) is 3.78. The number of thioether (sulfide) groups is 2. The van der Waals surface area contributed by atoms with Crippen LogP contribution < -0.4 is 0 Å². The van der Waals surface area contributed by atoms with Crippen LogP contribution >= 0.6 is 23.5 Å². The van der Waals surface area contributed by atoms with Crippen molar-refractivity contribution in [2.45, 2.75) is 28.2 Å². The predicted molar refractivity (Wildman–Crippen MR) is 108 cm³/mol. The lowest BCUT2D eigenvalue weighted by Crippen LogP contribution is -1.93. The van der Waals surface area contributed by atoms with Crippen molar-refractivity contribution in [3.8, 4) is 0 Å². The summed E-state index contributed by atoms with van der Waals surface area (Å²) in [6, 6.07) is 27.0. The van der Waals surface area contributed by atoms with Gasteiger partial charge >= 0.3 is 0 Å². The lowest BCUT2D eigenvalue weighted by molar-refractivity contribution is 0.101. The van der Waals surface area contributed by atoms with E-state index in [1.165, 1.54) is 11.1 Å². The minimum Gasteiger partial charge on any atom is -0.295 e. The molecule has 3 rings (SSSR count). The number of ketones is 1. The van der Waals surface area contributed by atoms with Crippen molar-refractivity contribution in [1.29, 1.82) is 0 Å². The average molecular weight is 365 g/mol. The van der Waals surface area contributed by atoms with Crippen molar-refractivity contribution in [2.75, 3.05) is 0 Å². The van der Waals surface area contributed by atoms with Gasteiger partial charge in [-0.2, -0.15) is 0 Å². The van der Waals surface area contributed by atoms with Crippen LogP contribution in [0.15, 0.2) is 88.7 Å². The SMILES string of the molecule is CC(=O)c1cc(SCc2ccccc2)cc(SCc2ccccc2)c1. The lowest BCUT2D eigenvalue weighted by atomic mass is 10.1. The van der Waals surface area contributed by atoms with E-state index in [-0.39, 0.29) is 5.78 Å². The van der Waals surface area contributed by atoms with Gasteiger partial charge in [-0.05, 0) is 36.2 Å². The normalized spacial score (nSPS) is 10.6. The molecular weight excluding hydrogens is 344 g/mol. The highest BCUT2D eigenvalue weighted by Crippen LogP contribution is 2.31. The van der Waals surface area contributed by atoms with E-state index in [2.05, 4.69) is 54.6 Å². The second kappa shape index (κ2) is 8.93. The number of benzene rings is 3. The molecule has 25 heavy (non-hydrogen) atoms. The maximum atomic E-state index is 11.9. The minimum atomic E-state index is 0.115. The van der Waals surface area contributed by atoms with Crippen LogP contribution in [0.25, 0.3) is 0 Å². The van der Waals surface area contributed by atoms with Crippen LogP contribution in [0.3, 0.4) is 0 Å². The Hall–Kier alpha value is -1.97. The monoisotopic (exact) mass is 364 g/mol. The third kappa shape index (κ3) is 5.52. The molecule has 0 aliphatic carbocycles. The Bertz CT molecular complexity index is 767. The average Bonchev–Trinajstić information content (AvgIpc) is 2.66. The molecule has 0 aliphatic heterocycles. The van der Waals surface area contributed by atoms with Crippen molar-refractivity contribution in [3.05, 3.63) is 95.6 Å². The summed E-state index contributed by atoms with van der Waals surface area (Å²) in [5, 5.41) is 0. The maximum absolute atomic E-state index is 11.9. The van der Waals surface area contributed by atoms with E-state index in [4.69, 9.17) is 0 Å². The minimum absolute atomic E-state index is 0.115. The van der Waals surface area contributed by atoms with Crippen LogP contribution in [0.1, 0.15) is 28.4 Å². The molecule has 0 spiro atoms. The molecule has 0 aromatic heterocycles. The van der Waals surface area contributed by atoms with Gasteiger partial charge in [0.05, 0.1) is 0 Å². The Balaban J connectivity index is 1.73. The Morgan fingerprint density at radius 3 is 1.56 bits per heavy atom. The van der Waals surface area contributed by atoms with E-state index in [1.54, 1.807) is 30.4 Å². The van der Waals surface area contributed by atoms with E-state index in [0.29, 0.717) is 0 Å². The Morgan fingerprint density at radius 2 is 1.16 bits per heavy atom. The van der Waals surface area contributed by atoms with E-state index in [0.717, 1.165) is 26.9 Å². The number of carbonyl (C=O) groups is 1. The number of carbonyl (C=O) groups excluding carboxylic acids is 1. The van der Waals surface area contributed by atoms with E-state index >= 15 is 0 Å². The van der Waals surface area contributed by atoms with Gasteiger partial charge in [-0.15, -0.1) is 23.5 Å². The van der Waals surface area contributed by atoms with Gasteiger partial charge in [0.2, 0.25) is 0 Å². The smallest absolute Gasteiger partial charge is 0.159 e. The van der Waals surface area contributed by atoms with Crippen molar-refractivity contribution < 1.29 is 4.79 Å². The summed E-state index contributed by atoms with van der Waals surface area (Å²) in [5.74, 6) is 1.93. The molecule has 1 nitrogen and oxygen atoms in total. The molecule has 0 N–H and O–H groups in total. The second-order valence-electron chi connectivity index (χ2n) is 5.80. The van der Waals surface area contributed by atoms with E-state index in [1.807, 2.05) is 24.3 Å². The van der Waals surface area contributed by atoms with Crippen LogP contribution in [0, 0.1) is 0 Å². The topological polar surface area (TPSA) is 17.1 Å². The zero-order valence-electron chi connectivity index (χ0n) is 14.1. The molecule has 0 saturated carbocycles. The first-order valence-electron chi connectivity index (χ1n) is 8.20. The van der Waals surface area contributed by atoms with E-state index in [9.17, 15) is 4.79 Å². The number of Topliss-reactive ketones (excluding diaryl/α,β-unsaturated/α-hetero) is 1. The van der Waals surface area contributed by atoms with Gasteiger partial charge in [0.25, 0.3) is 0 Å². The summed E-state index contributed by atoms with van der Waals surface area (Å²) >= 11 is 3.55. The molecule has 0 atom stereocenters. The zero-order chi connectivity index (χ0) is 17.5. The standard InChI is InChI=1S/C22H20OS2/c1-17(23)20-12-21(24-15-18-8-4-2-5-9-18)14-22(13-20)25-16-19-10-6-3-7-11-19/h2-14H,15-16H2,1H3. The van der Waals surface area contributed by atoms with Gasteiger partial charge in [-0.25, -0.2) is 0 Å². The largest absolute Gasteiger partial charge is 0.295 e. The molecule has 0 heterocycles. The number of hydrogen-bond acceptors (Lipinski definition) is 3. The molecule has 0 fully saturated rings. The van der Waals surface area contributed by atoms with E-state index < -0.39 is 0 Å². The van der Waals surface area contributed by atoms with Gasteiger partial charge in [0, 0.05) is 26.9 Å². The van der Waals surface area contributed by atoms with Crippen LogP contribution in [-0.2, 0) is 11.5 Å². The molecule has 3 aromatic rings. The molecule has 0 aliphatic rings. The first-order valence-corrected chi connectivity index (χ1v) is 10.2. The maximum Gasteiger partial charge on any atom is 0.159 e. The molecule has 3 aromatic carbocycles. The lowest BCUT2D eigenvalue weighted by Gasteiger charge is -2.09. The summed E-state index contributed by atoms with van der Waals surface area (Å²) in [7, 11) is 0. The summed E-state index contributed by atoms with van der Waals surface area (Å²) < 4.78 is 0. The fraction of sp³-hybridized carbons (Fsp3) is 0.136. The Kier molecular flexibility index (Phi) is 6.37. The van der Waals surface area contributed by atoms with Gasteiger partial charge < -0.3 is 0 Å². The molecule has 3 heteroatoms. The van der Waals surface area contributed by atoms with Crippen molar-refractivity contribution in [3.63, 3.8) is 0 Å². The van der Waals surface area contributed by atoms with Crippen LogP contribution in [-0.4, -0.2) is 5.78 Å². The highest BCUT2D eigenvalue weighted by Gasteiger charge is 2.07. The summed E-state index contributed by atoms with van der Waals surface area (Å²) in [6.45, 7) is 1.63. The van der Waals surface area contributed by atoms with Crippen LogP contribution in [0.5, 0.6) is 0 Å². The van der Waals surface area contributed by atoms with Crippen LogP contribution in [0.2, 0.25) is 0 Å². The fourth-order valence-corrected chi connectivity index (χ4v) is 4.39. The molecule has 0 saturated heterocycles. The highest BCUT2D eigenvalue weighted by molar-refractivity contribution is 7.99. The quantitative estimate of drug-likeness (QED) is 0.353. The first-order chi connectivity index (χ1) is 12.2. The Morgan fingerprint density at radius 1 is 0.720 bits per heavy atom. The zero-order valence-corrected chi connectivity index (χ0v) is 15.8. The molecule has 126 valence electrons. The van der Waals surface area contributed by atoms with Gasteiger partial charge in [0.1, 0.15) is 0 Å². The molecule has 0 radical (unpaired) electrons. The molecule has 0 unspecified atom stereocenters. The Labute approximate surface area is 157 Å². The summed E-state index contributed by atoms with van der Waals surface area (Å²) in [5.41, 5.74) is 3.37. The third-order valence-corrected chi connectivity index (χ3v) is 5.88. The van der Waals surface area contributed by atoms with Gasteiger partial charge in [-0.3, -0.25) is 4.79 Å². The molecular formula is C22H20OS2. The first kappa shape index (κ1) is 17.8. The number of hydrogen-bond donors (Lipinski definition) is 0. The van der Waals surface area contributed by atoms with Crippen molar-refractivity contribution in [2.24, 2.45) is 0 Å². The highest BCUT2D eigenvalue weighted by atomic mass is 32.2. The fourth-order valence-electron chi connectivity index (χ4n) is 2.42.